The molecule has 3 aromatic rings. The Morgan fingerprint density at radius 1 is 0.824 bits per heavy atom. The number of pyridine rings is 1. The number of carboxylic acids is 1. The van der Waals surface area contributed by atoms with Gasteiger partial charge in [0, 0.05) is 11.5 Å². The van der Waals surface area contributed by atoms with E-state index in [2.05, 4.69) is 36.2 Å². The molecule has 0 fully saturated rings. The number of aromatic carboxylic acids is 1. The molecule has 0 aliphatic rings. The van der Waals surface area contributed by atoms with Crippen LogP contribution in [0.1, 0.15) is 98.3 Å². The second-order valence-corrected chi connectivity index (χ2v) is 9.37. The minimum absolute atomic E-state index is 0.00167. The Hall–Kier alpha value is -2.88. The van der Waals surface area contributed by atoms with Crippen LogP contribution < -0.4 is 4.74 Å². The number of rotatable bonds is 15. The van der Waals surface area contributed by atoms with E-state index >= 15 is 0 Å². The summed E-state index contributed by atoms with van der Waals surface area (Å²) < 4.78 is 6.05. The Balaban J connectivity index is 1.44. The minimum Gasteiger partial charge on any atom is -0.488 e. The van der Waals surface area contributed by atoms with Crippen molar-refractivity contribution in [1.29, 1.82) is 0 Å². The topological polar surface area (TPSA) is 59.4 Å². The Kier molecular flexibility index (Phi) is 10.4. The van der Waals surface area contributed by atoms with Crippen molar-refractivity contribution in [3.8, 4) is 5.75 Å². The van der Waals surface area contributed by atoms with Gasteiger partial charge in [-0.2, -0.15) is 0 Å². The average molecular weight is 462 g/mol. The van der Waals surface area contributed by atoms with Crippen LogP contribution in [0.15, 0.2) is 48.5 Å². The lowest BCUT2D eigenvalue weighted by molar-refractivity contribution is 0.0690. The van der Waals surface area contributed by atoms with E-state index in [4.69, 9.17) is 4.74 Å². The Morgan fingerprint density at radius 2 is 1.44 bits per heavy atom. The first-order valence-corrected chi connectivity index (χ1v) is 12.9. The van der Waals surface area contributed by atoms with Crippen LogP contribution in [0, 0.1) is 6.92 Å². The predicted molar refractivity (Wildman–Crippen MR) is 140 cm³/mol. The largest absolute Gasteiger partial charge is 0.488 e. The lowest BCUT2D eigenvalue weighted by atomic mass is 10.0. The molecule has 0 saturated heterocycles. The molecule has 1 N–H and O–H groups in total. The summed E-state index contributed by atoms with van der Waals surface area (Å²) in [7, 11) is 0. The molecule has 0 spiro atoms. The molecule has 0 unspecified atom stereocenters. The van der Waals surface area contributed by atoms with Crippen LogP contribution in [-0.2, 0) is 13.0 Å². The van der Waals surface area contributed by atoms with Gasteiger partial charge in [0.25, 0.3) is 0 Å². The molecular formula is C30H39NO3. The van der Waals surface area contributed by atoms with Gasteiger partial charge in [0.05, 0.1) is 5.52 Å². The normalized spacial score (nSPS) is 11.1. The van der Waals surface area contributed by atoms with Crippen molar-refractivity contribution >= 4 is 16.9 Å². The van der Waals surface area contributed by atoms with Gasteiger partial charge in [-0.1, -0.05) is 101 Å². The summed E-state index contributed by atoms with van der Waals surface area (Å²) in [6, 6.07) is 15.9. The predicted octanol–water partition coefficient (Wildman–Crippen LogP) is 8.28. The molecule has 182 valence electrons. The summed E-state index contributed by atoms with van der Waals surface area (Å²) >= 11 is 0. The van der Waals surface area contributed by atoms with E-state index in [1.54, 1.807) is 0 Å². The number of benzene rings is 2. The molecule has 0 saturated carbocycles. The molecule has 0 aliphatic heterocycles. The third-order valence-electron chi connectivity index (χ3n) is 6.38. The monoisotopic (exact) mass is 461 g/mol. The lowest BCUT2D eigenvalue weighted by Gasteiger charge is -2.11. The number of aryl methyl sites for hydroxylation is 2. The molecule has 2 aromatic carbocycles. The molecule has 1 aromatic heterocycles. The van der Waals surface area contributed by atoms with Crippen molar-refractivity contribution in [1.82, 2.24) is 4.98 Å². The third kappa shape index (κ3) is 8.16. The first-order chi connectivity index (χ1) is 16.6. The van der Waals surface area contributed by atoms with Gasteiger partial charge >= 0.3 is 5.97 Å². The first kappa shape index (κ1) is 25.7. The van der Waals surface area contributed by atoms with Gasteiger partial charge in [-0.3, -0.25) is 0 Å². The number of aromatic nitrogens is 1. The Morgan fingerprint density at radius 3 is 2.09 bits per heavy atom. The number of nitrogens with zero attached hydrogens (tertiary/aromatic N) is 1. The molecule has 0 amide bonds. The standard InChI is InChI=1S/C30H39NO3/c1-3-4-5-6-7-8-9-10-11-12-13-24-15-17-25(18-16-24)22-34-29-21-28(30(32)33)31-27-19-14-23(2)20-26(27)29/h14-21H,3-13,22H2,1-2H3,(H,32,33). The third-order valence-corrected chi connectivity index (χ3v) is 6.38. The molecule has 0 aliphatic carbocycles. The lowest BCUT2D eigenvalue weighted by Crippen LogP contribution is -2.03. The molecule has 0 atom stereocenters. The van der Waals surface area contributed by atoms with Crippen molar-refractivity contribution in [2.45, 2.75) is 91.1 Å². The van der Waals surface area contributed by atoms with Gasteiger partial charge in [0.2, 0.25) is 0 Å². The molecule has 4 heteroatoms. The highest BCUT2D eigenvalue weighted by Crippen LogP contribution is 2.27. The van der Waals surface area contributed by atoms with E-state index in [1.807, 2.05) is 25.1 Å². The van der Waals surface area contributed by atoms with Crippen molar-refractivity contribution in [2.24, 2.45) is 0 Å². The van der Waals surface area contributed by atoms with E-state index in [0.29, 0.717) is 17.9 Å². The Bertz CT molecular complexity index is 1040. The van der Waals surface area contributed by atoms with Gasteiger partial charge < -0.3 is 9.84 Å². The summed E-state index contributed by atoms with van der Waals surface area (Å²) in [5, 5.41) is 10.2. The summed E-state index contributed by atoms with van der Waals surface area (Å²) in [6.07, 6.45) is 14.7. The zero-order valence-corrected chi connectivity index (χ0v) is 20.8. The quantitative estimate of drug-likeness (QED) is 0.231. The van der Waals surface area contributed by atoms with Crippen LogP contribution in [0.3, 0.4) is 0 Å². The summed E-state index contributed by atoms with van der Waals surface area (Å²) in [5.41, 5.74) is 4.15. The van der Waals surface area contributed by atoms with Crippen molar-refractivity contribution in [2.75, 3.05) is 0 Å². The SMILES string of the molecule is CCCCCCCCCCCCc1ccc(COc2cc(C(=O)O)nc3ccc(C)cc23)cc1. The highest BCUT2D eigenvalue weighted by molar-refractivity contribution is 5.93. The number of unbranched alkanes of at least 4 members (excludes halogenated alkanes) is 9. The number of hydrogen-bond acceptors (Lipinski definition) is 3. The summed E-state index contributed by atoms with van der Waals surface area (Å²) in [4.78, 5) is 15.7. The Labute approximate surface area is 204 Å². The summed E-state index contributed by atoms with van der Waals surface area (Å²) in [6.45, 7) is 4.66. The minimum atomic E-state index is -1.05. The van der Waals surface area contributed by atoms with E-state index in [-0.39, 0.29) is 5.69 Å². The smallest absolute Gasteiger partial charge is 0.354 e. The van der Waals surface area contributed by atoms with E-state index in [1.165, 1.54) is 75.8 Å². The number of hydrogen-bond donors (Lipinski definition) is 1. The first-order valence-electron chi connectivity index (χ1n) is 12.9. The number of ether oxygens (including phenoxy) is 1. The molecule has 4 nitrogen and oxygen atoms in total. The highest BCUT2D eigenvalue weighted by Gasteiger charge is 2.12. The fraction of sp³-hybridized carbons (Fsp3) is 0.467. The van der Waals surface area contributed by atoms with Gasteiger partial charge in [-0.25, -0.2) is 9.78 Å². The van der Waals surface area contributed by atoms with Gasteiger partial charge in [-0.05, 0) is 43.0 Å². The zero-order valence-electron chi connectivity index (χ0n) is 20.8. The van der Waals surface area contributed by atoms with Gasteiger partial charge in [0.15, 0.2) is 5.69 Å². The van der Waals surface area contributed by atoms with Gasteiger partial charge in [-0.15, -0.1) is 0 Å². The van der Waals surface area contributed by atoms with Crippen molar-refractivity contribution < 1.29 is 14.6 Å². The van der Waals surface area contributed by atoms with E-state index < -0.39 is 5.97 Å². The van der Waals surface area contributed by atoms with Crippen LogP contribution in [-0.4, -0.2) is 16.1 Å². The van der Waals surface area contributed by atoms with Crippen LogP contribution in [0.25, 0.3) is 10.9 Å². The highest BCUT2D eigenvalue weighted by atomic mass is 16.5. The molecule has 3 rings (SSSR count). The fourth-order valence-electron chi connectivity index (χ4n) is 4.32. The second-order valence-electron chi connectivity index (χ2n) is 9.37. The maximum Gasteiger partial charge on any atom is 0.354 e. The van der Waals surface area contributed by atoms with Crippen LogP contribution in [0.5, 0.6) is 5.75 Å². The van der Waals surface area contributed by atoms with E-state index in [0.717, 1.165) is 22.9 Å². The van der Waals surface area contributed by atoms with Crippen molar-refractivity contribution in [3.63, 3.8) is 0 Å². The van der Waals surface area contributed by atoms with Gasteiger partial charge in [0.1, 0.15) is 12.4 Å². The molecule has 34 heavy (non-hydrogen) atoms. The van der Waals surface area contributed by atoms with Crippen LogP contribution in [0.4, 0.5) is 0 Å². The average Bonchev–Trinajstić information content (AvgIpc) is 2.84. The second kappa shape index (κ2) is 13.7. The molecule has 0 radical (unpaired) electrons. The number of carboxylic acid groups (broad SMARTS) is 1. The van der Waals surface area contributed by atoms with Crippen LogP contribution >= 0.6 is 0 Å². The van der Waals surface area contributed by atoms with Crippen LogP contribution in [0.2, 0.25) is 0 Å². The zero-order chi connectivity index (χ0) is 24.2. The molecule has 1 heterocycles. The number of carbonyl (C=O) groups is 1. The maximum atomic E-state index is 11.5. The van der Waals surface area contributed by atoms with E-state index in [9.17, 15) is 9.90 Å². The maximum absolute atomic E-state index is 11.5. The fourth-order valence-corrected chi connectivity index (χ4v) is 4.32. The summed E-state index contributed by atoms with van der Waals surface area (Å²) in [5.74, 6) is -0.496. The molecular weight excluding hydrogens is 422 g/mol. The number of fused-ring (bicyclic) bond motifs is 1. The van der Waals surface area contributed by atoms with Crippen molar-refractivity contribution in [3.05, 3.63) is 70.9 Å². The molecule has 0 bridgehead atoms.